The molecule has 0 aliphatic heterocycles. The summed E-state index contributed by atoms with van der Waals surface area (Å²) >= 11 is 0. The van der Waals surface area contributed by atoms with E-state index in [9.17, 15) is 9.59 Å². The Morgan fingerprint density at radius 3 is 2.33 bits per heavy atom. The molecule has 1 aliphatic carbocycles. The highest BCUT2D eigenvalue weighted by Gasteiger charge is 2.29. The fourth-order valence-corrected chi connectivity index (χ4v) is 2.39. The van der Waals surface area contributed by atoms with E-state index in [2.05, 4.69) is 0 Å². The molecule has 21 heavy (non-hydrogen) atoms. The zero-order valence-electron chi connectivity index (χ0n) is 12.6. The molecule has 0 heterocycles. The van der Waals surface area contributed by atoms with Crippen LogP contribution in [0.2, 0.25) is 0 Å². The highest BCUT2D eigenvalue weighted by molar-refractivity contribution is 5.92. The molecular weight excluding hydrogens is 268 g/mol. The molecule has 0 radical (unpaired) electrons. The molecule has 5 heteroatoms. The van der Waals surface area contributed by atoms with Crippen molar-refractivity contribution < 1.29 is 14.7 Å². The van der Waals surface area contributed by atoms with Gasteiger partial charge >= 0.3 is 12.0 Å². The number of anilines is 1. The number of carboxylic acid groups (broad SMARTS) is 1. The van der Waals surface area contributed by atoms with Gasteiger partial charge in [0, 0.05) is 25.3 Å². The van der Waals surface area contributed by atoms with Crippen molar-refractivity contribution in [3.63, 3.8) is 0 Å². The largest absolute Gasteiger partial charge is 0.481 e. The van der Waals surface area contributed by atoms with Crippen molar-refractivity contribution in [2.24, 2.45) is 0 Å². The van der Waals surface area contributed by atoms with Crippen LogP contribution in [-0.2, 0) is 4.79 Å². The lowest BCUT2D eigenvalue weighted by Gasteiger charge is -2.38. The number of aryl methyl sites for hydroxylation is 1. The van der Waals surface area contributed by atoms with Crippen LogP contribution in [-0.4, -0.2) is 41.6 Å². The molecule has 0 spiro atoms. The minimum atomic E-state index is -0.897. The molecule has 5 nitrogen and oxygen atoms in total. The number of nitrogens with zero attached hydrogens (tertiary/aromatic N) is 2. The molecule has 1 N–H and O–H groups in total. The molecule has 0 unspecified atom stereocenters. The first-order valence-corrected chi connectivity index (χ1v) is 7.32. The van der Waals surface area contributed by atoms with Crippen LogP contribution in [0.15, 0.2) is 24.3 Å². The number of hydrogen-bond donors (Lipinski definition) is 1. The highest BCUT2D eigenvalue weighted by Crippen LogP contribution is 2.26. The maximum Gasteiger partial charge on any atom is 0.324 e. The molecule has 2 amide bonds. The molecule has 1 aromatic carbocycles. The first kappa shape index (κ1) is 15.4. The van der Waals surface area contributed by atoms with Crippen molar-refractivity contribution in [2.45, 2.75) is 38.6 Å². The molecule has 1 saturated carbocycles. The normalized spacial score (nSPS) is 14.4. The Hall–Kier alpha value is -2.04. The summed E-state index contributed by atoms with van der Waals surface area (Å²) < 4.78 is 0. The van der Waals surface area contributed by atoms with E-state index in [1.165, 1.54) is 0 Å². The number of carbonyl (C=O) groups excluding carboxylic acids is 1. The maximum absolute atomic E-state index is 12.6. The van der Waals surface area contributed by atoms with Gasteiger partial charge in [0.2, 0.25) is 0 Å². The molecule has 114 valence electrons. The standard InChI is InChI=1S/C16H22N2O3/c1-12-6-8-14(9-7-12)18(11-10-15(19)20)16(21)17(2)13-4-3-5-13/h6-9,13H,3-5,10-11H2,1-2H3,(H,19,20). The highest BCUT2D eigenvalue weighted by atomic mass is 16.4. The van der Waals surface area contributed by atoms with Gasteiger partial charge in [-0.2, -0.15) is 0 Å². The topological polar surface area (TPSA) is 60.9 Å². The average molecular weight is 290 g/mol. The number of aliphatic carboxylic acids is 1. The summed E-state index contributed by atoms with van der Waals surface area (Å²) in [6.45, 7) is 2.17. The van der Waals surface area contributed by atoms with Gasteiger partial charge in [0.15, 0.2) is 0 Å². The Labute approximate surface area is 125 Å². The molecule has 2 rings (SSSR count). The van der Waals surface area contributed by atoms with Gasteiger partial charge in [-0.1, -0.05) is 17.7 Å². The molecule has 1 aliphatic rings. The zero-order chi connectivity index (χ0) is 15.4. The van der Waals surface area contributed by atoms with Gasteiger partial charge < -0.3 is 10.0 Å². The average Bonchev–Trinajstić information content (AvgIpc) is 2.38. The van der Waals surface area contributed by atoms with E-state index >= 15 is 0 Å². The van der Waals surface area contributed by atoms with Crippen molar-refractivity contribution in [2.75, 3.05) is 18.5 Å². The number of carboxylic acids is 1. The summed E-state index contributed by atoms with van der Waals surface area (Å²) in [5.41, 5.74) is 1.86. The summed E-state index contributed by atoms with van der Waals surface area (Å²) in [5.74, 6) is -0.897. The molecule has 0 bridgehead atoms. The Bertz CT molecular complexity index is 509. The number of benzene rings is 1. The minimum absolute atomic E-state index is 0.0574. The Kier molecular flexibility index (Phi) is 4.83. The van der Waals surface area contributed by atoms with Crippen molar-refractivity contribution >= 4 is 17.7 Å². The van der Waals surface area contributed by atoms with Crippen molar-refractivity contribution in [1.82, 2.24) is 4.90 Å². The van der Waals surface area contributed by atoms with Gasteiger partial charge in [-0.05, 0) is 38.3 Å². The second kappa shape index (κ2) is 6.61. The number of urea groups is 1. The van der Waals surface area contributed by atoms with Gasteiger partial charge in [-0.25, -0.2) is 4.79 Å². The molecule has 0 aromatic heterocycles. The van der Waals surface area contributed by atoms with Crippen LogP contribution >= 0.6 is 0 Å². The fourth-order valence-electron chi connectivity index (χ4n) is 2.39. The monoisotopic (exact) mass is 290 g/mol. The van der Waals surface area contributed by atoms with Crippen molar-refractivity contribution in [3.8, 4) is 0 Å². The Balaban J connectivity index is 2.15. The predicted molar refractivity (Wildman–Crippen MR) is 81.6 cm³/mol. The van der Waals surface area contributed by atoms with Crippen LogP contribution in [0.3, 0.4) is 0 Å². The van der Waals surface area contributed by atoms with Crippen LogP contribution in [0.5, 0.6) is 0 Å². The lowest BCUT2D eigenvalue weighted by atomic mass is 9.92. The summed E-state index contributed by atoms with van der Waals surface area (Å²) in [4.78, 5) is 26.8. The SMILES string of the molecule is Cc1ccc(N(CCC(=O)O)C(=O)N(C)C2CCC2)cc1. The summed E-state index contributed by atoms with van der Waals surface area (Å²) in [6, 6.07) is 7.76. The van der Waals surface area contributed by atoms with E-state index in [1.807, 2.05) is 31.2 Å². The third kappa shape index (κ3) is 3.74. The smallest absolute Gasteiger partial charge is 0.324 e. The second-order valence-corrected chi connectivity index (χ2v) is 5.61. The molecule has 1 fully saturated rings. The first-order chi connectivity index (χ1) is 9.99. The van der Waals surface area contributed by atoms with Crippen LogP contribution in [0.25, 0.3) is 0 Å². The van der Waals surface area contributed by atoms with Crippen molar-refractivity contribution in [1.29, 1.82) is 0 Å². The number of rotatable bonds is 5. The second-order valence-electron chi connectivity index (χ2n) is 5.61. The molecule has 0 atom stereocenters. The summed E-state index contributed by atoms with van der Waals surface area (Å²) in [7, 11) is 1.80. The van der Waals surface area contributed by atoms with Crippen LogP contribution in [0, 0.1) is 6.92 Å². The minimum Gasteiger partial charge on any atom is -0.481 e. The van der Waals surface area contributed by atoms with Crippen LogP contribution < -0.4 is 4.90 Å². The van der Waals surface area contributed by atoms with E-state index in [4.69, 9.17) is 5.11 Å². The van der Waals surface area contributed by atoms with Crippen molar-refractivity contribution in [3.05, 3.63) is 29.8 Å². The predicted octanol–water partition coefficient (Wildman–Crippen LogP) is 2.88. The Morgan fingerprint density at radius 2 is 1.86 bits per heavy atom. The zero-order valence-corrected chi connectivity index (χ0v) is 12.6. The van der Waals surface area contributed by atoms with E-state index in [0.717, 1.165) is 30.5 Å². The van der Waals surface area contributed by atoms with E-state index in [1.54, 1.807) is 16.8 Å². The van der Waals surface area contributed by atoms with Gasteiger partial charge in [0.25, 0.3) is 0 Å². The van der Waals surface area contributed by atoms with E-state index in [-0.39, 0.29) is 25.0 Å². The van der Waals surface area contributed by atoms with Gasteiger partial charge in [0.05, 0.1) is 6.42 Å². The fraction of sp³-hybridized carbons (Fsp3) is 0.500. The van der Waals surface area contributed by atoms with Gasteiger partial charge in [-0.3, -0.25) is 9.69 Å². The van der Waals surface area contributed by atoms with Gasteiger partial charge in [0.1, 0.15) is 0 Å². The summed E-state index contributed by atoms with van der Waals surface area (Å²) in [5, 5.41) is 8.89. The number of amides is 2. The molecule has 1 aromatic rings. The molecule has 0 saturated heterocycles. The van der Waals surface area contributed by atoms with E-state index < -0.39 is 5.97 Å². The first-order valence-electron chi connectivity index (χ1n) is 7.32. The number of carbonyl (C=O) groups is 2. The van der Waals surface area contributed by atoms with Crippen LogP contribution in [0.1, 0.15) is 31.2 Å². The molecular formula is C16H22N2O3. The van der Waals surface area contributed by atoms with E-state index in [0.29, 0.717) is 0 Å². The van der Waals surface area contributed by atoms with Gasteiger partial charge in [-0.15, -0.1) is 0 Å². The third-order valence-electron chi connectivity index (χ3n) is 4.05. The number of hydrogen-bond acceptors (Lipinski definition) is 2. The summed E-state index contributed by atoms with van der Waals surface area (Å²) in [6.07, 6.45) is 3.16. The van der Waals surface area contributed by atoms with Crippen LogP contribution in [0.4, 0.5) is 10.5 Å². The maximum atomic E-state index is 12.6. The lowest BCUT2D eigenvalue weighted by Crippen LogP contribution is -2.49. The Morgan fingerprint density at radius 1 is 1.24 bits per heavy atom. The third-order valence-corrected chi connectivity index (χ3v) is 4.05. The quantitative estimate of drug-likeness (QED) is 0.907. The lowest BCUT2D eigenvalue weighted by molar-refractivity contribution is -0.136.